The van der Waals surface area contributed by atoms with Crippen molar-refractivity contribution >= 4 is 5.78 Å². The third kappa shape index (κ3) is 3.56. The van der Waals surface area contributed by atoms with Crippen LogP contribution in [-0.4, -0.2) is 5.78 Å². The van der Waals surface area contributed by atoms with Gasteiger partial charge in [0, 0.05) is 5.56 Å². The molecule has 1 aromatic carbocycles. The number of hydrogen-bond acceptors (Lipinski definition) is 1. The minimum Gasteiger partial charge on any atom is -0.289 e. The number of benzene rings is 1. The van der Waals surface area contributed by atoms with Gasteiger partial charge in [0.15, 0.2) is 5.78 Å². The predicted octanol–water partition coefficient (Wildman–Crippen LogP) is 4.89. The Morgan fingerprint density at radius 2 is 1.89 bits per heavy atom. The van der Waals surface area contributed by atoms with Crippen molar-refractivity contribution in [2.75, 3.05) is 0 Å². The van der Waals surface area contributed by atoms with Gasteiger partial charge in [0.05, 0.1) is 0 Å². The summed E-state index contributed by atoms with van der Waals surface area (Å²) in [6.45, 7) is 6.83. The van der Waals surface area contributed by atoms with Crippen molar-refractivity contribution in [1.29, 1.82) is 0 Å². The van der Waals surface area contributed by atoms with E-state index in [9.17, 15) is 4.79 Å². The quantitative estimate of drug-likeness (QED) is 0.556. The summed E-state index contributed by atoms with van der Waals surface area (Å²) in [6, 6.07) is 9.58. The zero-order chi connectivity index (χ0) is 13.8. The molecule has 2 atom stereocenters. The molecule has 0 aliphatic heterocycles. The maximum Gasteiger partial charge on any atom is 0.185 e. The smallest absolute Gasteiger partial charge is 0.185 e. The van der Waals surface area contributed by atoms with Gasteiger partial charge in [-0.3, -0.25) is 4.79 Å². The lowest BCUT2D eigenvalue weighted by Crippen LogP contribution is -2.20. The molecule has 19 heavy (non-hydrogen) atoms. The molecule has 2 rings (SSSR count). The summed E-state index contributed by atoms with van der Waals surface area (Å²) in [4.78, 5) is 12.3. The van der Waals surface area contributed by atoms with Crippen molar-refractivity contribution in [3.05, 3.63) is 47.5 Å². The van der Waals surface area contributed by atoms with E-state index in [1.807, 2.05) is 36.4 Å². The molecule has 0 heterocycles. The predicted molar refractivity (Wildman–Crippen MR) is 80.2 cm³/mol. The van der Waals surface area contributed by atoms with Crippen molar-refractivity contribution in [1.82, 2.24) is 0 Å². The van der Waals surface area contributed by atoms with Crippen molar-refractivity contribution in [2.45, 2.75) is 40.0 Å². The van der Waals surface area contributed by atoms with Crippen LogP contribution < -0.4 is 0 Å². The molecule has 102 valence electrons. The van der Waals surface area contributed by atoms with Crippen LogP contribution in [-0.2, 0) is 0 Å². The maximum absolute atomic E-state index is 12.3. The minimum absolute atomic E-state index is 0.159. The first-order valence-corrected chi connectivity index (χ1v) is 7.37. The SMILES string of the molecule is CC1CCC(C(C)C)C/C1=C/C(=O)c1ccccc1. The Labute approximate surface area is 116 Å². The summed E-state index contributed by atoms with van der Waals surface area (Å²) in [6.07, 6.45) is 5.51. The number of hydrogen-bond donors (Lipinski definition) is 0. The van der Waals surface area contributed by atoms with E-state index < -0.39 is 0 Å². The van der Waals surface area contributed by atoms with Crippen molar-refractivity contribution in [3.8, 4) is 0 Å². The zero-order valence-corrected chi connectivity index (χ0v) is 12.2. The average molecular weight is 256 g/mol. The second-order valence-electron chi connectivity index (χ2n) is 6.14. The Morgan fingerprint density at radius 1 is 1.21 bits per heavy atom. The first kappa shape index (κ1) is 14.0. The highest BCUT2D eigenvalue weighted by atomic mass is 16.1. The summed E-state index contributed by atoms with van der Waals surface area (Å²) < 4.78 is 0. The third-order valence-corrected chi connectivity index (χ3v) is 4.42. The van der Waals surface area contributed by atoms with E-state index in [1.165, 1.54) is 18.4 Å². The van der Waals surface area contributed by atoms with Crippen LogP contribution in [0.2, 0.25) is 0 Å². The van der Waals surface area contributed by atoms with Crippen LogP contribution in [0.5, 0.6) is 0 Å². The Kier molecular flexibility index (Phi) is 4.57. The van der Waals surface area contributed by atoms with Crippen molar-refractivity contribution < 1.29 is 4.79 Å². The molecule has 0 radical (unpaired) electrons. The summed E-state index contributed by atoms with van der Waals surface area (Å²) in [7, 11) is 0. The summed E-state index contributed by atoms with van der Waals surface area (Å²) in [5.74, 6) is 2.17. The van der Waals surface area contributed by atoms with Gasteiger partial charge < -0.3 is 0 Å². The van der Waals surface area contributed by atoms with Gasteiger partial charge in [-0.2, -0.15) is 0 Å². The van der Waals surface area contributed by atoms with Crippen molar-refractivity contribution in [3.63, 3.8) is 0 Å². The molecule has 1 aliphatic carbocycles. The van der Waals surface area contributed by atoms with E-state index in [0.29, 0.717) is 11.8 Å². The van der Waals surface area contributed by atoms with E-state index in [-0.39, 0.29) is 5.78 Å². The molecule has 0 amide bonds. The van der Waals surface area contributed by atoms with Crippen LogP contribution in [0.15, 0.2) is 42.0 Å². The lowest BCUT2D eigenvalue weighted by molar-refractivity contribution is 0.104. The largest absolute Gasteiger partial charge is 0.289 e. The fourth-order valence-electron chi connectivity index (χ4n) is 2.88. The molecule has 2 unspecified atom stereocenters. The summed E-state index contributed by atoms with van der Waals surface area (Å²) >= 11 is 0. The molecule has 1 nitrogen and oxygen atoms in total. The minimum atomic E-state index is 0.159. The van der Waals surface area contributed by atoms with Gasteiger partial charge in [0.1, 0.15) is 0 Å². The third-order valence-electron chi connectivity index (χ3n) is 4.42. The van der Waals surface area contributed by atoms with E-state index in [1.54, 1.807) is 0 Å². The number of rotatable bonds is 3. The normalized spacial score (nSPS) is 25.8. The molecule has 1 fully saturated rings. The molecule has 0 bridgehead atoms. The molecular formula is C18H24O. The molecular weight excluding hydrogens is 232 g/mol. The molecule has 0 spiro atoms. The van der Waals surface area contributed by atoms with E-state index in [4.69, 9.17) is 0 Å². The van der Waals surface area contributed by atoms with Gasteiger partial charge in [0.2, 0.25) is 0 Å². The average Bonchev–Trinajstić information content (AvgIpc) is 2.42. The number of carbonyl (C=O) groups excluding carboxylic acids is 1. The van der Waals surface area contributed by atoms with Gasteiger partial charge in [-0.15, -0.1) is 0 Å². The molecule has 1 aliphatic rings. The fraction of sp³-hybridized carbons (Fsp3) is 0.500. The molecule has 1 aromatic rings. The first-order valence-electron chi connectivity index (χ1n) is 7.37. The van der Waals surface area contributed by atoms with E-state index >= 15 is 0 Å². The first-order chi connectivity index (χ1) is 9.08. The lowest BCUT2D eigenvalue weighted by atomic mass is 9.74. The highest BCUT2D eigenvalue weighted by Crippen LogP contribution is 2.36. The molecule has 0 saturated heterocycles. The number of allylic oxidation sites excluding steroid dienone is 2. The molecule has 1 saturated carbocycles. The highest BCUT2D eigenvalue weighted by molar-refractivity contribution is 6.04. The monoisotopic (exact) mass is 256 g/mol. The van der Waals surface area contributed by atoms with Crippen LogP contribution in [0, 0.1) is 17.8 Å². The lowest BCUT2D eigenvalue weighted by Gasteiger charge is -2.31. The van der Waals surface area contributed by atoms with Gasteiger partial charge in [0.25, 0.3) is 0 Å². The van der Waals surface area contributed by atoms with Gasteiger partial charge >= 0.3 is 0 Å². The van der Waals surface area contributed by atoms with E-state index in [2.05, 4.69) is 20.8 Å². The second-order valence-corrected chi connectivity index (χ2v) is 6.14. The Hall–Kier alpha value is -1.37. The Morgan fingerprint density at radius 3 is 2.53 bits per heavy atom. The topological polar surface area (TPSA) is 17.1 Å². The maximum atomic E-state index is 12.3. The van der Waals surface area contributed by atoms with Crippen LogP contribution in [0.1, 0.15) is 50.4 Å². The molecule has 0 aromatic heterocycles. The number of ketones is 1. The number of carbonyl (C=O) groups is 1. The van der Waals surface area contributed by atoms with Crippen LogP contribution in [0.4, 0.5) is 0 Å². The fourth-order valence-corrected chi connectivity index (χ4v) is 2.88. The van der Waals surface area contributed by atoms with Crippen LogP contribution >= 0.6 is 0 Å². The highest BCUT2D eigenvalue weighted by Gasteiger charge is 2.25. The molecule has 0 N–H and O–H groups in total. The van der Waals surface area contributed by atoms with Crippen molar-refractivity contribution in [2.24, 2.45) is 17.8 Å². The summed E-state index contributed by atoms with van der Waals surface area (Å²) in [5, 5.41) is 0. The second kappa shape index (κ2) is 6.18. The zero-order valence-electron chi connectivity index (χ0n) is 12.2. The van der Waals surface area contributed by atoms with Gasteiger partial charge in [-0.25, -0.2) is 0 Å². The molecule has 1 heteroatoms. The summed E-state index contributed by atoms with van der Waals surface area (Å²) in [5.41, 5.74) is 2.15. The van der Waals surface area contributed by atoms with Gasteiger partial charge in [-0.05, 0) is 43.1 Å². The Balaban J connectivity index is 2.14. The Bertz CT molecular complexity index is 456. The van der Waals surface area contributed by atoms with Crippen LogP contribution in [0.3, 0.4) is 0 Å². The van der Waals surface area contributed by atoms with Gasteiger partial charge in [-0.1, -0.05) is 56.7 Å². The van der Waals surface area contributed by atoms with Crippen LogP contribution in [0.25, 0.3) is 0 Å². The van der Waals surface area contributed by atoms with E-state index in [0.717, 1.165) is 17.9 Å². The standard InChI is InChI=1S/C18H24O/c1-13(2)16-10-9-14(3)17(11-16)12-18(19)15-7-5-4-6-8-15/h4-8,12-14,16H,9-11H2,1-3H3/b17-12-.